The first kappa shape index (κ1) is 83.6. The van der Waals surface area contributed by atoms with Crippen molar-refractivity contribution in [3.8, 4) is 73.8 Å². The van der Waals surface area contributed by atoms with Crippen LogP contribution in [0.4, 0.5) is 17.1 Å². The lowest BCUT2D eigenvalue weighted by molar-refractivity contribution is 0.0686. The number of halogens is 3. The zero-order valence-corrected chi connectivity index (χ0v) is 77.6. The Bertz CT molecular complexity index is 9880. The fourth-order valence-corrected chi connectivity index (χ4v) is 20.7. The first-order valence-corrected chi connectivity index (χ1v) is 46.7. The Balaban J connectivity index is 0.000000107. The molecular formula is C113H67Br3N14O7S. The van der Waals surface area contributed by atoms with Gasteiger partial charge in [-0.05, 0) is 182 Å². The molecule has 8 heterocycles. The summed E-state index contributed by atoms with van der Waals surface area (Å²) in [4.78, 5) is 84.3. The maximum absolute atomic E-state index is 12.8. The van der Waals surface area contributed by atoms with Gasteiger partial charge in [-0.15, -0.1) is 0 Å². The molecule has 0 saturated carbocycles. The highest BCUT2D eigenvalue weighted by atomic mass is 79.9. The predicted octanol–water partition coefficient (Wildman–Crippen LogP) is 30.2. The van der Waals surface area contributed by atoms with Gasteiger partial charge in [-0.2, -0.15) is 0 Å². The minimum atomic E-state index is -1.16. The molecule has 0 amide bonds. The van der Waals surface area contributed by atoms with Crippen molar-refractivity contribution in [1.29, 1.82) is 0 Å². The van der Waals surface area contributed by atoms with Gasteiger partial charge in [-0.3, -0.25) is 4.79 Å². The maximum atomic E-state index is 12.8. The summed E-state index contributed by atoms with van der Waals surface area (Å²) in [6.07, 6.45) is 5.94. The smallest absolute Gasteiger partial charge is 0.336 e. The second-order valence-corrected chi connectivity index (χ2v) is 36.8. The molecule has 27 rings (SSSR count). The van der Waals surface area contributed by atoms with Crippen LogP contribution in [-0.4, -0.2) is 87.2 Å². The third kappa shape index (κ3) is 14.6. The molecule has 0 spiro atoms. The molecule has 0 saturated heterocycles. The number of fused-ring (bicyclic) bond motifs is 29. The molecule has 658 valence electrons. The van der Waals surface area contributed by atoms with E-state index in [1.165, 1.54) is 62.6 Å². The Morgan fingerprint density at radius 2 is 0.775 bits per heavy atom. The highest BCUT2D eigenvalue weighted by Gasteiger charge is 2.27. The number of H-pyrrole nitrogens is 7. The van der Waals surface area contributed by atoms with E-state index in [9.17, 15) is 29.7 Å². The van der Waals surface area contributed by atoms with Gasteiger partial charge in [0.25, 0.3) is 0 Å². The van der Waals surface area contributed by atoms with Crippen molar-refractivity contribution < 1.29 is 29.3 Å². The molecule has 0 radical (unpaired) electrons. The molecule has 0 unspecified atom stereocenters. The molecule has 25 heteroatoms. The second-order valence-electron chi connectivity index (χ2n) is 33.6. The van der Waals surface area contributed by atoms with Gasteiger partial charge in [0.1, 0.15) is 40.4 Å². The van der Waals surface area contributed by atoms with E-state index < -0.39 is 11.9 Å². The Kier molecular flexibility index (Phi) is 20.4. The van der Waals surface area contributed by atoms with Crippen LogP contribution in [0.15, 0.2) is 357 Å². The third-order valence-corrected chi connectivity index (χ3v) is 27.3. The lowest BCUT2D eigenvalue weighted by Gasteiger charge is -2.18. The topological polar surface area (TPSA) is 316 Å². The quantitative estimate of drug-likeness (QED) is 0.0277. The van der Waals surface area contributed by atoms with E-state index in [2.05, 4.69) is 244 Å². The summed E-state index contributed by atoms with van der Waals surface area (Å²) in [5.41, 5.74) is 18.2. The summed E-state index contributed by atoms with van der Waals surface area (Å²) in [5, 5.41) is 58.2. The van der Waals surface area contributed by atoms with Crippen LogP contribution in [0.3, 0.4) is 0 Å². The van der Waals surface area contributed by atoms with Gasteiger partial charge in [-0.25, -0.2) is 34.4 Å². The average Bonchev–Trinajstić information content (AvgIpc) is 1.53. The van der Waals surface area contributed by atoms with E-state index in [-0.39, 0.29) is 33.2 Å². The van der Waals surface area contributed by atoms with Crippen molar-refractivity contribution in [2.75, 3.05) is 10.6 Å². The number of aromatic hydroxyl groups is 1. The van der Waals surface area contributed by atoms with Crippen LogP contribution in [-0.2, 0) is 0 Å². The number of anilines is 2. The molecule has 1 aliphatic carbocycles. The van der Waals surface area contributed by atoms with Crippen molar-refractivity contribution >= 4 is 268 Å². The van der Waals surface area contributed by atoms with E-state index in [4.69, 9.17) is 43.1 Å². The second kappa shape index (κ2) is 33.6. The number of rotatable bonds is 9. The number of carboxylic acids is 2. The Hall–Kier alpha value is -17.4. The summed E-state index contributed by atoms with van der Waals surface area (Å²) in [6, 6.07) is 101. The van der Waals surface area contributed by atoms with E-state index in [1.807, 2.05) is 122 Å². The molecule has 0 fully saturated rings. The van der Waals surface area contributed by atoms with Crippen LogP contribution >= 0.6 is 60.0 Å². The van der Waals surface area contributed by atoms with E-state index in [0.29, 0.717) is 39.0 Å². The number of aromatic amines is 7. The number of para-hydroxylation sites is 1. The summed E-state index contributed by atoms with van der Waals surface area (Å²) in [7, 11) is 0. The zero-order chi connectivity index (χ0) is 93.4. The minimum absolute atomic E-state index is 0.00320. The van der Waals surface area contributed by atoms with Crippen LogP contribution in [0, 0.1) is 6.57 Å². The predicted molar refractivity (Wildman–Crippen MR) is 571 cm³/mol. The summed E-state index contributed by atoms with van der Waals surface area (Å²) in [5.74, 6) is 1.31. The molecule has 18 aromatic carbocycles. The number of aromatic nitrogens is 11. The molecule has 138 heavy (non-hydrogen) atoms. The molecule has 25 aromatic rings. The molecule has 2 aliphatic rings. The molecule has 12 N–H and O–H groups in total. The molecule has 1 aliphatic heterocycles. The monoisotopic (exact) mass is 2000 g/mol. The number of nitrogens with one attached hydrogen (secondary N) is 9. The number of aromatic carboxylic acids is 2. The lowest BCUT2D eigenvalue weighted by atomic mass is 9.90. The standard InChI is InChI=1S/C44H26BrN5O5S.C24H14BrN3O2.C23H14BrN3.C22H13N3/c45-21-5-14-36-32(15-21)35(20-46-36)42-49-40-29-4-2-1-3-26(29)27-10-6-22(16-33(27)41(40)50-42)47-44(56)48-23-7-11-28(34(17-23)43(53)54)39-30-12-8-24(51)18-37(30)55-38-19-25(52)9-13-31(38)39;25-13-6-8-20-17(10-13)19(11-26-20)23-27-21-16-4-2-1-3-14(16)15-7-5-12(24(29)30)9-18(15)22(21)28-23;24-13-9-10-15-14-5-1-2-7-17(14)21-22(18(15)11-13)27-23(26-21)19-12-25-20-8-4-3-6-16(19)20;1-23-15-8-6-7-14(13-15)22-24-20-18-11-4-2-9-16(18)17-10-3-5-12-19(17)21(20)25-22/h1-20,46,51H,(H,49,50)(H,53,54)(H2,47,48,56);1-11,26H,(H,27,28)(H,29,30);1-12,25H,(H,26,27);2-13H,(H,24,25). The van der Waals surface area contributed by atoms with Crippen molar-refractivity contribution in [3.63, 3.8) is 0 Å². The van der Waals surface area contributed by atoms with Gasteiger partial charge in [0, 0.05) is 170 Å². The number of nitrogens with zero attached hydrogens (tertiary/aromatic N) is 5. The number of phenols is 1. The van der Waals surface area contributed by atoms with Gasteiger partial charge in [-0.1, -0.05) is 230 Å². The van der Waals surface area contributed by atoms with Crippen LogP contribution < -0.4 is 16.1 Å². The fraction of sp³-hybridized carbons (Fsp3) is 0. The van der Waals surface area contributed by atoms with Crippen LogP contribution in [0.5, 0.6) is 5.75 Å². The number of carboxylic acid groups (broad SMARTS) is 2. The Morgan fingerprint density at radius 3 is 1.33 bits per heavy atom. The normalized spacial score (nSPS) is 11.6. The maximum Gasteiger partial charge on any atom is 0.336 e. The first-order valence-electron chi connectivity index (χ1n) is 43.9. The first-order chi connectivity index (χ1) is 67.4. The summed E-state index contributed by atoms with van der Waals surface area (Å²) in [6.45, 7) is 7.22. The van der Waals surface area contributed by atoms with Gasteiger partial charge in [0.2, 0.25) is 0 Å². The minimum Gasteiger partial charge on any atom is -0.508 e. The fourth-order valence-electron chi connectivity index (χ4n) is 19.4. The number of imidazole rings is 4. The number of hydrogen-bond donors (Lipinski definition) is 12. The number of phenolic OH excluding ortho intramolecular Hbond substituents is 1. The van der Waals surface area contributed by atoms with E-state index in [0.717, 1.165) is 195 Å². The number of thiocarbonyl (C=S) groups is 1. The Labute approximate surface area is 810 Å². The molecular weight excluding hydrogens is 1940 g/mol. The van der Waals surface area contributed by atoms with E-state index >= 15 is 0 Å². The van der Waals surface area contributed by atoms with Crippen LogP contribution in [0.2, 0.25) is 0 Å². The van der Waals surface area contributed by atoms with Crippen molar-refractivity contribution in [2.24, 2.45) is 0 Å². The van der Waals surface area contributed by atoms with Crippen molar-refractivity contribution in [3.05, 3.63) is 380 Å². The van der Waals surface area contributed by atoms with Gasteiger partial charge in [0.05, 0.1) is 61.8 Å². The van der Waals surface area contributed by atoms with Crippen LogP contribution in [0.1, 0.15) is 20.7 Å². The highest BCUT2D eigenvalue weighted by molar-refractivity contribution is 9.11. The number of carbonyl (C=O) groups is 2. The molecule has 0 bridgehead atoms. The SMILES string of the molecule is Brc1ccc2c3ccccc3c3[nH]c(-c4c[nH]c5ccccc45)nc3c2c1.O=C(O)c1cc(NC(=S)Nc2ccc3c4ccccc4c4nc(-c5c[nH]c6ccc(Br)cc56)[nH]c4c3c2)ccc1-c1c2ccc(=O)cc-2oc2cc(O)ccc12.O=C(O)c1ccc2c3ccccc3c3[nH]c(-c4c[nH]c5ccc(Br)cc45)nc3c2c1.[C-]#[N+]c1cccc(-c2nc3c4ccccc4c4ccccc4c3[nH]2)c1. The number of benzene rings is 19. The highest BCUT2D eigenvalue weighted by Crippen LogP contribution is 2.47. The van der Waals surface area contributed by atoms with Gasteiger partial charge in [0.15, 0.2) is 16.2 Å². The third-order valence-electron chi connectivity index (χ3n) is 25.6. The van der Waals surface area contributed by atoms with E-state index in [1.54, 1.807) is 36.4 Å². The summed E-state index contributed by atoms with van der Waals surface area (Å²) >= 11 is 16.5. The molecule has 7 aromatic heterocycles. The molecule has 0 atom stereocenters. The largest absolute Gasteiger partial charge is 0.508 e. The average molecular weight is 2000 g/mol. The summed E-state index contributed by atoms with van der Waals surface area (Å²) < 4.78 is 8.99. The van der Waals surface area contributed by atoms with Gasteiger partial charge < -0.3 is 65.3 Å². The van der Waals surface area contributed by atoms with Gasteiger partial charge >= 0.3 is 11.9 Å². The van der Waals surface area contributed by atoms with Crippen molar-refractivity contribution in [2.45, 2.75) is 0 Å². The van der Waals surface area contributed by atoms with Crippen molar-refractivity contribution in [1.82, 2.24) is 54.8 Å². The molecule has 21 nitrogen and oxygen atoms in total. The Morgan fingerprint density at radius 1 is 0.355 bits per heavy atom. The lowest BCUT2D eigenvalue weighted by Crippen LogP contribution is -2.19. The van der Waals surface area contributed by atoms with Crippen LogP contribution in [0.25, 0.3) is 247 Å². The zero-order valence-electron chi connectivity index (χ0n) is 72.0. The number of hydrogen-bond acceptors (Lipinski definition) is 10.